The maximum Gasteiger partial charge on any atom is 0.267 e. The SMILES string of the molecule is CCOc1ccc(C(=O)NCC(=O)N=c2ccccn2Cc2ccccc2)cc1. The number of hydrogen-bond acceptors (Lipinski definition) is 3. The molecule has 0 fully saturated rings. The quantitative estimate of drug-likeness (QED) is 0.675. The zero-order chi connectivity index (χ0) is 20.5. The molecule has 0 spiro atoms. The van der Waals surface area contributed by atoms with E-state index in [1.807, 2.05) is 60.2 Å². The molecule has 2 amide bonds. The van der Waals surface area contributed by atoms with E-state index in [1.54, 1.807) is 30.3 Å². The fraction of sp³-hybridized carbons (Fsp3) is 0.174. The molecule has 0 unspecified atom stereocenters. The van der Waals surface area contributed by atoms with Crippen molar-refractivity contribution in [1.82, 2.24) is 9.88 Å². The minimum absolute atomic E-state index is 0.174. The first-order valence-electron chi connectivity index (χ1n) is 9.43. The molecule has 6 nitrogen and oxygen atoms in total. The van der Waals surface area contributed by atoms with Crippen LogP contribution in [0.5, 0.6) is 5.75 Å². The predicted molar refractivity (Wildman–Crippen MR) is 110 cm³/mol. The number of nitrogens with one attached hydrogen (secondary N) is 1. The topological polar surface area (TPSA) is 72.7 Å². The van der Waals surface area contributed by atoms with Crippen LogP contribution in [0.1, 0.15) is 22.8 Å². The molecule has 6 heteroatoms. The molecule has 148 valence electrons. The van der Waals surface area contributed by atoms with E-state index in [-0.39, 0.29) is 12.5 Å². The van der Waals surface area contributed by atoms with Gasteiger partial charge in [0.05, 0.1) is 13.2 Å². The maximum atomic E-state index is 12.3. The molecule has 1 N–H and O–H groups in total. The van der Waals surface area contributed by atoms with Crippen molar-refractivity contribution in [2.24, 2.45) is 4.99 Å². The highest BCUT2D eigenvalue weighted by Gasteiger charge is 2.08. The van der Waals surface area contributed by atoms with Gasteiger partial charge in [0.15, 0.2) is 0 Å². The average Bonchev–Trinajstić information content (AvgIpc) is 2.75. The van der Waals surface area contributed by atoms with E-state index in [0.717, 1.165) is 5.56 Å². The largest absolute Gasteiger partial charge is 0.494 e. The third-order valence-electron chi connectivity index (χ3n) is 4.18. The smallest absolute Gasteiger partial charge is 0.267 e. The zero-order valence-corrected chi connectivity index (χ0v) is 16.2. The van der Waals surface area contributed by atoms with Gasteiger partial charge in [-0.3, -0.25) is 9.59 Å². The Morgan fingerprint density at radius 3 is 2.41 bits per heavy atom. The van der Waals surface area contributed by atoms with Crippen LogP contribution >= 0.6 is 0 Å². The van der Waals surface area contributed by atoms with Gasteiger partial charge in [0.25, 0.3) is 11.8 Å². The van der Waals surface area contributed by atoms with Crippen LogP contribution in [0.15, 0.2) is 84.0 Å². The third kappa shape index (κ3) is 5.90. The van der Waals surface area contributed by atoms with Gasteiger partial charge in [-0.05, 0) is 48.9 Å². The predicted octanol–water partition coefficient (Wildman–Crippen LogP) is 2.79. The Labute approximate surface area is 169 Å². The van der Waals surface area contributed by atoms with Gasteiger partial charge in [-0.1, -0.05) is 36.4 Å². The molecule has 0 saturated heterocycles. The van der Waals surface area contributed by atoms with Crippen molar-refractivity contribution in [1.29, 1.82) is 0 Å². The maximum absolute atomic E-state index is 12.3. The number of ether oxygens (including phenoxy) is 1. The average molecular weight is 389 g/mol. The van der Waals surface area contributed by atoms with E-state index in [1.165, 1.54) is 0 Å². The van der Waals surface area contributed by atoms with E-state index in [4.69, 9.17) is 4.74 Å². The van der Waals surface area contributed by atoms with Crippen LogP contribution in [0.4, 0.5) is 0 Å². The summed E-state index contributed by atoms with van der Waals surface area (Å²) >= 11 is 0. The summed E-state index contributed by atoms with van der Waals surface area (Å²) in [5.74, 6) is -0.0544. The number of pyridine rings is 1. The Morgan fingerprint density at radius 1 is 0.966 bits per heavy atom. The van der Waals surface area contributed by atoms with Gasteiger partial charge in [-0.25, -0.2) is 0 Å². The molecule has 1 heterocycles. The highest BCUT2D eigenvalue weighted by Crippen LogP contribution is 2.11. The molecule has 0 aliphatic rings. The van der Waals surface area contributed by atoms with Crippen molar-refractivity contribution < 1.29 is 14.3 Å². The van der Waals surface area contributed by atoms with Crippen molar-refractivity contribution in [2.45, 2.75) is 13.5 Å². The van der Waals surface area contributed by atoms with Gasteiger partial charge in [0, 0.05) is 18.3 Å². The van der Waals surface area contributed by atoms with Gasteiger partial charge in [-0.15, -0.1) is 0 Å². The Hall–Kier alpha value is -3.67. The minimum atomic E-state index is -0.419. The van der Waals surface area contributed by atoms with Crippen molar-refractivity contribution in [3.05, 3.63) is 95.6 Å². The summed E-state index contributed by atoms with van der Waals surface area (Å²) in [6, 6.07) is 22.2. The van der Waals surface area contributed by atoms with Crippen LogP contribution < -0.4 is 15.5 Å². The fourth-order valence-corrected chi connectivity index (χ4v) is 2.78. The Morgan fingerprint density at radius 2 is 1.69 bits per heavy atom. The first kappa shape index (κ1) is 20.1. The highest BCUT2D eigenvalue weighted by atomic mass is 16.5. The molecule has 29 heavy (non-hydrogen) atoms. The highest BCUT2D eigenvalue weighted by molar-refractivity contribution is 5.96. The molecular weight excluding hydrogens is 366 g/mol. The monoisotopic (exact) mass is 389 g/mol. The summed E-state index contributed by atoms with van der Waals surface area (Å²) in [7, 11) is 0. The number of aromatic nitrogens is 1. The zero-order valence-electron chi connectivity index (χ0n) is 16.2. The molecule has 0 aliphatic carbocycles. The van der Waals surface area contributed by atoms with Gasteiger partial charge in [0.2, 0.25) is 0 Å². The van der Waals surface area contributed by atoms with E-state index < -0.39 is 5.91 Å². The van der Waals surface area contributed by atoms with Crippen LogP contribution in [-0.2, 0) is 11.3 Å². The van der Waals surface area contributed by atoms with Crippen molar-refractivity contribution in [3.8, 4) is 5.75 Å². The fourth-order valence-electron chi connectivity index (χ4n) is 2.78. The van der Waals surface area contributed by atoms with Crippen LogP contribution in [0.3, 0.4) is 0 Å². The molecule has 0 aliphatic heterocycles. The minimum Gasteiger partial charge on any atom is -0.494 e. The summed E-state index contributed by atoms with van der Waals surface area (Å²) in [4.78, 5) is 28.7. The van der Waals surface area contributed by atoms with Crippen LogP contribution in [0, 0.1) is 0 Å². The first-order chi connectivity index (χ1) is 14.2. The lowest BCUT2D eigenvalue weighted by molar-refractivity contribution is -0.117. The van der Waals surface area contributed by atoms with Crippen LogP contribution in [-0.4, -0.2) is 29.5 Å². The number of nitrogens with zero attached hydrogens (tertiary/aromatic N) is 2. The van der Waals surface area contributed by atoms with Gasteiger partial charge < -0.3 is 14.6 Å². The van der Waals surface area contributed by atoms with Gasteiger partial charge >= 0.3 is 0 Å². The second-order valence-electron chi connectivity index (χ2n) is 6.32. The molecular formula is C23H23N3O3. The van der Waals surface area contributed by atoms with Crippen molar-refractivity contribution >= 4 is 11.8 Å². The van der Waals surface area contributed by atoms with E-state index in [0.29, 0.717) is 30.0 Å². The molecule has 3 rings (SSSR count). The lowest BCUT2D eigenvalue weighted by atomic mass is 10.2. The summed E-state index contributed by atoms with van der Waals surface area (Å²) in [6.45, 7) is 2.88. The standard InChI is InChI=1S/C23H23N3O3/c1-2-29-20-13-11-19(12-14-20)23(28)24-16-22(27)25-21-10-6-7-15-26(21)17-18-8-4-3-5-9-18/h3-15H,2,16-17H2,1H3,(H,24,28). The molecule has 0 radical (unpaired) electrons. The van der Waals surface area contributed by atoms with Crippen LogP contribution in [0.2, 0.25) is 0 Å². The normalized spacial score (nSPS) is 11.1. The number of amides is 2. The number of hydrogen-bond donors (Lipinski definition) is 1. The van der Waals surface area contributed by atoms with E-state index >= 15 is 0 Å². The Kier molecular flexibility index (Phi) is 6.95. The summed E-state index contributed by atoms with van der Waals surface area (Å²) in [5.41, 5.74) is 2.10. The van der Waals surface area contributed by atoms with Gasteiger partial charge in [0.1, 0.15) is 11.2 Å². The number of rotatable bonds is 7. The lowest BCUT2D eigenvalue weighted by Gasteiger charge is -2.08. The first-order valence-corrected chi connectivity index (χ1v) is 9.43. The third-order valence-corrected chi connectivity index (χ3v) is 4.18. The second kappa shape index (κ2) is 10.0. The summed E-state index contributed by atoms with van der Waals surface area (Å²) < 4.78 is 7.25. The number of benzene rings is 2. The number of carbonyl (C=O) groups excluding carboxylic acids is 2. The van der Waals surface area contributed by atoms with Crippen LogP contribution in [0.25, 0.3) is 0 Å². The number of carbonyl (C=O) groups is 2. The van der Waals surface area contributed by atoms with Gasteiger partial charge in [-0.2, -0.15) is 4.99 Å². The molecule has 2 aromatic carbocycles. The Bertz CT molecular complexity index is 1020. The molecule has 0 bridgehead atoms. The van der Waals surface area contributed by atoms with Crippen molar-refractivity contribution in [2.75, 3.05) is 13.2 Å². The van der Waals surface area contributed by atoms with E-state index in [9.17, 15) is 9.59 Å². The molecule has 0 saturated carbocycles. The lowest BCUT2D eigenvalue weighted by Crippen LogP contribution is -2.30. The summed E-state index contributed by atoms with van der Waals surface area (Å²) in [6.07, 6.45) is 1.87. The second-order valence-corrected chi connectivity index (χ2v) is 6.32. The Balaban J connectivity index is 1.64. The van der Waals surface area contributed by atoms with Crippen molar-refractivity contribution in [3.63, 3.8) is 0 Å². The van der Waals surface area contributed by atoms with E-state index in [2.05, 4.69) is 10.3 Å². The molecule has 1 aromatic heterocycles. The molecule has 3 aromatic rings. The molecule has 0 atom stereocenters. The summed E-state index contributed by atoms with van der Waals surface area (Å²) in [5, 5.41) is 2.61.